The van der Waals surface area contributed by atoms with Crippen LogP contribution in [0.25, 0.3) is 0 Å². The zero-order valence-corrected chi connectivity index (χ0v) is 12.2. The standard InChI is InChI=1S/C16H23NO2/c1-15(2)11-19-14(17-15)16(3,4)13-7-5-12(6-8-13)9-10-18/h5-8,18H,9-11H2,1-4H3. The molecule has 19 heavy (non-hydrogen) atoms. The molecule has 0 saturated carbocycles. The molecule has 3 nitrogen and oxygen atoms in total. The Bertz CT molecular complexity index is 472. The number of rotatable bonds is 4. The van der Waals surface area contributed by atoms with Gasteiger partial charge in [-0.1, -0.05) is 24.3 Å². The molecule has 0 fully saturated rings. The summed E-state index contributed by atoms with van der Waals surface area (Å²) in [6.07, 6.45) is 0.700. The largest absolute Gasteiger partial charge is 0.478 e. The molecule has 1 N–H and O–H groups in total. The molecule has 0 radical (unpaired) electrons. The Hall–Kier alpha value is -1.35. The van der Waals surface area contributed by atoms with E-state index in [1.807, 2.05) is 0 Å². The van der Waals surface area contributed by atoms with Crippen LogP contribution in [0.1, 0.15) is 38.8 Å². The van der Waals surface area contributed by atoms with Crippen molar-refractivity contribution in [2.75, 3.05) is 13.2 Å². The first-order valence-corrected chi connectivity index (χ1v) is 6.78. The number of nitrogens with zero attached hydrogens (tertiary/aromatic N) is 1. The Kier molecular flexibility index (Phi) is 3.68. The van der Waals surface area contributed by atoms with Crippen molar-refractivity contribution >= 4 is 5.90 Å². The smallest absolute Gasteiger partial charge is 0.194 e. The minimum absolute atomic E-state index is 0.122. The molecule has 1 aromatic carbocycles. The molecular formula is C16H23NO2. The number of aliphatic hydroxyl groups excluding tert-OH is 1. The van der Waals surface area contributed by atoms with Gasteiger partial charge in [0.25, 0.3) is 0 Å². The highest BCUT2D eigenvalue weighted by molar-refractivity contribution is 5.89. The highest BCUT2D eigenvalue weighted by Gasteiger charge is 2.36. The van der Waals surface area contributed by atoms with Crippen molar-refractivity contribution in [3.05, 3.63) is 35.4 Å². The van der Waals surface area contributed by atoms with Crippen LogP contribution >= 0.6 is 0 Å². The molecule has 104 valence electrons. The van der Waals surface area contributed by atoms with Crippen molar-refractivity contribution in [1.29, 1.82) is 0 Å². The van der Waals surface area contributed by atoms with Crippen LogP contribution in [0.4, 0.5) is 0 Å². The third kappa shape index (κ3) is 2.98. The van der Waals surface area contributed by atoms with E-state index in [0.717, 1.165) is 11.5 Å². The molecule has 0 saturated heterocycles. The zero-order valence-electron chi connectivity index (χ0n) is 12.2. The SMILES string of the molecule is CC1(C)COC(C(C)(C)c2ccc(CCO)cc2)=N1. The minimum Gasteiger partial charge on any atom is -0.478 e. The van der Waals surface area contributed by atoms with E-state index in [-0.39, 0.29) is 17.6 Å². The number of aliphatic hydroxyl groups is 1. The van der Waals surface area contributed by atoms with E-state index in [0.29, 0.717) is 13.0 Å². The molecular weight excluding hydrogens is 238 g/mol. The van der Waals surface area contributed by atoms with E-state index in [4.69, 9.17) is 9.84 Å². The van der Waals surface area contributed by atoms with Gasteiger partial charge in [0.05, 0.1) is 11.0 Å². The number of benzene rings is 1. The third-order valence-electron chi connectivity index (χ3n) is 3.58. The Morgan fingerprint density at radius 2 is 1.89 bits per heavy atom. The van der Waals surface area contributed by atoms with E-state index >= 15 is 0 Å². The summed E-state index contributed by atoms with van der Waals surface area (Å²) in [6.45, 7) is 9.27. The van der Waals surface area contributed by atoms with Gasteiger partial charge >= 0.3 is 0 Å². The van der Waals surface area contributed by atoms with Gasteiger partial charge in [0.2, 0.25) is 0 Å². The van der Waals surface area contributed by atoms with Gasteiger partial charge in [-0.05, 0) is 45.2 Å². The lowest BCUT2D eigenvalue weighted by Crippen LogP contribution is -2.29. The topological polar surface area (TPSA) is 41.8 Å². The molecule has 0 aliphatic carbocycles. The second kappa shape index (κ2) is 4.97. The van der Waals surface area contributed by atoms with Crippen LogP contribution in [-0.4, -0.2) is 29.8 Å². The van der Waals surface area contributed by atoms with Gasteiger partial charge in [0.15, 0.2) is 5.90 Å². The number of ether oxygens (including phenoxy) is 1. The van der Waals surface area contributed by atoms with Crippen molar-refractivity contribution in [2.45, 2.75) is 45.1 Å². The molecule has 0 aromatic heterocycles. The van der Waals surface area contributed by atoms with Crippen LogP contribution in [0.3, 0.4) is 0 Å². The summed E-state index contributed by atoms with van der Waals surface area (Å²) in [7, 11) is 0. The Labute approximate surface area is 115 Å². The summed E-state index contributed by atoms with van der Waals surface area (Å²) in [5.74, 6) is 0.812. The van der Waals surface area contributed by atoms with Crippen LogP contribution in [-0.2, 0) is 16.6 Å². The van der Waals surface area contributed by atoms with Crippen LogP contribution in [0.15, 0.2) is 29.3 Å². The fourth-order valence-electron chi connectivity index (χ4n) is 2.25. The fraction of sp³-hybridized carbons (Fsp3) is 0.562. The quantitative estimate of drug-likeness (QED) is 0.905. The van der Waals surface area contributed by atoms with Crippen molar-refractivity contribution in [1.82, 2.24) is 0 Å². The highest BCUT2D eigenvalue weighted by atomic mass is 16.5. The molecule has 1 heterocycles. The summed E-state index contributed by atoms with van der Waals surface area (Å²) < 4.78 is 5.78. The predicted molar refractivity (Wildman–Crippen MR) is 77.7 cm³/mol. The van der Waals surface area contributed by atoms with Crippen LogP contribution < -0.4 is 0 Å². The fourth-order valence-corrected chi connectivity index (χ4v) is 2.25. The maximum Gasteiger partial charge on any atom is 0.194 e. The maximum absolute atomic E-state index is 8.94. The van der Waals surface area contributed by atoms with Gasteiger partial charge in [-0.2, -0.15) is 0 Å². The lowest BCUT2D eigenvalue weighted by Gasteiger charge is -2.24. The lowest BCUT2D eigenvalue weighted by molar-refractivity contribution is 0.263. The van der Waals surface area contributed by atoms with Crippen LogP contribution in [0.5, 0.6) is 0 Å². The normalized spacial score (nSPS) is 18.1. The second-order valence-corrected chi connectivity index (χ2v) is 6.31. The summed E-state index contributed by atoms with van der Waals surface area (Å²) in [4.78, 5) is 4.68. The van der Waals surface area contributed by atoms with Gasteiger partial charge in [0.1, 0.15) is 6.61 Å². The molecule has 2 rings (SSSR count). The van der Waals surface area contributed by atoms with E-state index in [9.17, 15) is 0 Å². The van der Waals surface area contributed by atoms with Gasteiger partial charge in [0, 0.05) is 6.61 Å². The molecule has 1 aliphatic heterocycles. The van der Waals surface area contributed by atoms with E-state index in [1.54, 1.807) is 0 Å². The van der Waals surface area contributed by atoms with Crippen molar-refractivity contribution in [3.8, 4) is 0 Å². The van der Waals surface area contributed by atoms with Gasteiger partial charge in [-0.25, -0.2) is 4.99 Å². The van der Waals surface area contributed by atoms with Crippen LogP contribution in [0, 0.1) is 0 Å². The van der Waals surface area contributed by atoms with Gasteiger partial charge in [-0.15, -0.1) is 0 Å². The molecule has 1 aliphatic rings. The number of hydrogen-bond acceptors (Lipinski definition) is 3. The molecule has 3 heteroatoms. The first-order chi connectivity index (χ1) is 8.85. The predicted octanol–water partition coefficient (Wildman–Crippen LogP) is 2.71. The van der Waals surface area contributed by atoms with Gasteiger partial charge in [-0.3, -0.25) is 0 Å². The van der Waals surface area contributed by atoms with Crippen molar-refractivity contribution < 1.29 is 9.84 Å². The average molecular weight is 261 g/mol. The van der Waals surface area contributed by atoms with E-state index < -0.39 is 0 Å². The molecule has 0 atom stereocenters. The summed E-state index contributed by atoms with van der Waals surface area (Å²) in [5, 5.41) is 8.94. The highest BCUT2D eigenvalue weighted by Crippen LogP contribution is 2.31. The van der Waals surface area contributed by atoms with Gasteiger partial charge < -0.3 is 9.84 Å². The molecule has 0 unspecified atom stereocenters. The average Bonchev–Trinajstić information content (AvgIpc) is 2.71. The molecule has 0 amide bonds. The third-order valence-corrected chi connectivity index (χ3v) is 3.58. The second-order valence-electron chi connectivity index (χ2n) is 6.31. The molecule has 1 aromatic rings. The summed E-state index contributed by atoms with van der Waals surface area (Å²) in [5.41, 5.74) is 2.00. The van der Waals surface area contributed by atoms with Crippen molar-refractivity contribution in [2.24, 2.45) is 4.99 Å². The first-order valence-electron chi connectivity index (χ1n) is 6.78. The Balaban J connectivity index is 2.24. The van der Waals surface area contributed by atoms with E-state index in [1.165, 1.54) is 5.56 Å². The Morgan fingerprint density at radius 3 is 2.37 bits per heavy atom. The lowest BCUT2D eigenvalue weighted by atomic mass is 9.84. The number of aliphatic imine (C=N–C) groups is 1. The Morgan fingerprint density at radius 1 is 1.26 bits per heavy atom. The summed E-state index contributed by atoms with van der Waals surface area (Å²) in [6, 6.07) is 8.33. The van der Waals surface area contributed by atoms with Crippen LogP contribution in [0.2, 0.25) is 0 Å². The monoisotopic (exact) mass is 261 g/mol. The zero-order chi connectivity index (χ0) is 14.1. The molecule has 0 bridgehead atoms. The van der Waals surface area contributed by atoms with Crippen molar-refractivity contribution in [3.63, 3.8) is 0 Å². The van der Waals surface area contributed by atoms with E-state index in [2.05, 4.69) is 57.0 Å². The first kappa shape index (κ1) is 14.1. The maximum atomic E-state index is 8.94. The molecule has 0 spiro atoms. The summed E-state index contributed by atoms with van der Waals surface area (Å²) >= 11 is 0. The number of hydrogen-bond donors (Lipinski definition) is 1. The minimum atomic E-state index is -0.217.